The Morgan fingerprint density at radius 2 is 2.14 bits per heavy atom. The van der Waals surface area contributed by atoms with Crippen molar-refractivity contribution < 1.29 is 0 Å². The predicted octanol–water partition coefficient (Wildman–Crippen LogP) is 2.01. The molecule has 0 N–H and O–H groups in total. The summed E-state index contributed by atoms with van der Waals surface area (Å²) in [7, 11) is 1.94. The van der Waals surface area contributed by atoms with Crippen LogP contribution in [0.1, 0.15) is 0 Å². The zero-order chi connectivity index (χ0) is 9.80. The van der Waals surface area contributed by atoms with Gasteiger partial charge in [-0.1, -0.05) is 0 Å². The summed E-state index contributed by atoms with van der Waals surface area (Å²) in [5, 5.41) is 4.12. The largest absolute Gasteiger partial charge is 0.353 e. The molecular weight excluding hydrogens is 194 g/mol. The lowest BCUT2D eigenvalue weighted by molar-refractivity contribution is 0.766. The molecule has 3 nitrogen and oxygen atoms in total. The second-order valence-electron chi connectivity index (χ2n) is 3.12. The van der Waals surface area contributed by atoms with Gasteiger partial charge < -0.3 is 4.57 Å². The summed E-state index contributed by atoms with van der Waals surface area (Å²) >= 11 is 1.84. The topological polar surface area (TPSA) is 22.8 Å². The standard InChI is InChI=1S/C10H13N3S/c1-12-9-10(8-11-12)14-7-6-13-4-2-3-5-13/h2-5,8-9H,6-7H2,1H3. The molecular formula is C10H13N3S. The van der Waals surface area contributed by atoms with Crippen LogP contribution < -0.4 is 0 Å². The molecule has 14 heavy (non-hydrogen) atoms. The normalized spacial score (nSPS) is 10.6. The molecule has 0 saturated carbocycles. The van der Waals surface area contributed by atoms with Crippen LogP contribution in [-0.4, -0.2) is 20.1 Å². The van der Waals surface area contributed by atoms with Gasteiger partial charge in [-0.15, -0.1) is 11.8 Å². The Kier molecular flexibility index (Phi) is 2.93. The maximum absolute atomic E-state index is 4.12. The minimum atomic E-state index is 1.05. The van der Waals surface area contributed by atoms with Gasteiger partial charge >= 0.3 is 0 Å². The van der Waals surface area contributed by atoms with E-state index in [0.29, 0.717) is 0 Å². The first-order valence-corrected chi connectivity index (χ1v) is 5.55. The average Bonchev–Trinajstić information content (AvgIpc) is 2.77. The van der Waals surface area contributed by atoms with Gasteiger partial charge in [0.05, 0.1) is 6.20 Å². The summed E-state index contributed by atoms with van der Waals surface area (Å²) in [5.41, 5.74) is 0. The van der Waals surface area contributed by atoms with E-state index in [1.807, 2.05) is 35.9 Å². The number of aromatic nitrogens is 3. The second kappa shape index (κ2) is 4.37. The van der Waals surface area contributed by atoms with Crippen LogP contribution in [0.4, 0.5) is 0 Å². The molecule has 0 atom stereocenters. The van der Waals surface area contributed by atoms with Crippen LogP contribution in [0.3, 0.4) is 0 Å². The van der Waals surface area contributed by atoms with E-state index in [0.717, 1.165) is 12.3 Å². The van der Waals surface area contributed by atoms with Crippen molar-refractivity contribution in [2.45, 2.75) is 11.4 Å². The highest BCUT2D eigenvalue weighted by molar-refractivity contribution is 7.99. The molecule has 0 aliphatic rings. The zero-order valence-electron chi connectivity index (χ0n) is 8.13. The minimum absolute atomic E-state index is 1.05. The van der Waals surface area contributed by atoms with Crippen LogP contribution in [0.15, 0.2) is 41.8 Å². The maximum Gasteiger partial charge on any atom is 0.0625 e. The molecule has 0 saturated heterocycles. The first-order chi connectivity index (χ1) is 6.84. The minimum Gasteiger partial charge on any atom is -0.353 e. The first-order valence-electron chi connectivity index (χ1n) is 4.57. The van der Waals surface area contributed by atoms with Crippen LogP contribution in [0.5, 0.6) is 0 Å². The van der Waals surface area contributed by atoms with E-state index in [1.165, 1.54) is 4.90 Å². The molecule has 0 radical (unpaired) electrons. The fraction of sp³-hybridized carbons (Fsp3) is 0.300. The van der Waals surface area contributed by atoms with E-state index >= 15 is 0 Å². The average molecular weight is 207 g/mol. The van der Waals surface area contributed by atoms with Gasteiger partial charge in [0.25, 0.3) is 0 Å². The van der Waals surface area contributed by atoms with Crippen molar-refractivity contribution in [3.63, 3.8) is 0 Å². The Morgan fingerprint density at radius 1 is 1.36 bits per heavy atom. The van der Waals surface area contributed by atoms with Crippen LogP contribution >= 0.6 is 11.8 Å². The molecule has 4 heteroatoms. The van der Waals surface area contributed by atoms with Crippen molar-refractivity contribution in [3.8, 4) is 0 Å². The summed E-state index contributed by atoms with van der Waals surface area (Å²) in [6.45, 7) is 1.05. The summed E-state index contributed by atoms with van der Waals surface area (Å²) in [5.74, 6) is 1.08. The lowest BCUT2D eigenvalue weighted by Crippen LogP contribution is -1.95. The highest BCUT2D eigenvalue weighted by Crippen LogP contribution is 2.16. The van der Waals surface area contributed by atoms with Gasteiger partial charge in [-0.3, -0.25) is 4.68 Å². The summed E-state index contributed by atoms with van der Waals surface area (Å²) in [4.78, 5) is 1.24. The van der Waals surface area contributed by atoms with Gasteiger partial charge in [-0.05, 0) is 12.1 Å². The smallest absolute Gasteiger partial charge is 0.0625 e. The zero-order valence-corrected chi connectivity index (χ0v) is 8.94. The molecule has 0 aromatic carbocycles. The van der Waals surface area contributed by atoms with E-state index in [1.54, 1.807) is 0 Å². The fourth-order valence-electron chi connectivity index (χ4n) is 1.26. The summed E-state index contributed by atoms with van der Waals surface area (Å²) < 4.78 is 4.02. The van der Waals surface area contributed by atoms with Crippen molar-refractivity contribution in [2.75, 3.05) is 5.75 Å². The van der Waals surface area contributed by atoms with Crippen LogP contribution in [-0.2, 0) is 13.6 Å². The fourth-order valence-corrected chi connectivity index (χ4v) is 2.15. The maximum atomic E-state index is 4.12. The highest BCUT2D eigenvalue weighted by atomic mass is 32.2. The third kappa shape index (κ3) is 2.42. The third-order valence-corrected chi connectivity index (χ3v) is 2.90. The van der Waals surface area contributed by atoms with E-state index in [4.69, 9.17) is 0 Å². The number of hydrogen-bond acceptors (Lipinski definition) is 2. The Balaban J connectivity index is 1.78. The third-order valence-electron chi connectivity index (χ3n) is 1.97. The molecule has 0 unspecified atom stereocenters. The van der Waals surface area contributed by atoms with E-state index in [9.17, 15) is 0 Å². The van der Waals surface area contributed by atoms with Gasteiger partial charge in [-0.2, -0.15) is 5.10 Å². The Bertz CT molecular complexity index is 378. The monoisotopic (exact) mass is 207 g/mol. The van der Waals surface area contributed by atoms with Gasteiger partial charge in [0, 0.05) is 42.8 Å². The SMILES string of the molecule is Cn1cc(SCCn2cccc2)cn1. The van der Waals surface area contributed by atoms with Crippen molar-refractivity contribution in [3.05, 3.63) is 36.9 Å². The number of rotatable bonds is 4. The molecule has 2 rings (SSSR count). The van der Waals surface area contributed by atoms with Crippen LogP contribution in [0.2, 0.25) is 0 Å². The number of aryl methyl sites for hydroxylation is 2. The van der Waals surface area contributed by atoms with Crippen molar-refractivity contribution in [1.29, 1.82) is 0 Å². The van der Waals surface area contributed by atoms with Gasteiger partial charge in [0.1, 0.15) is 0 Å². The molecule has 2 aromatic heterocycles. The van der Waals surface area contributed by atoms with Crippen molar-refractivity contribution >= 4 is 11.8 Å². The van der Waals surface area contributed by atoms with Crippen molar-refractivity contribution in [2.24, 2.45) is 7.05 Å². The van der Waals surface area contributed by atoms with Crippen molar-refractivity contribution in [1.82, 2.24) is 14.3 Å². The summed E-state index contributed by atoms with van der Waals surface area (Å²) in [6, 6.07) is 4.10. The predicted molar refractivity (Wildman–Crippen MR) is 58.4 cm³/mol. The number of thioether (sulfide) groups is 1. The molecule has 0 fully saturated rings. The lowest BCUT2D eigenvalue weighted by atomic mass is 10.7. The molecule has 2 aromatic rings. The number of hydrogen-bond donors (Lipinski definition) is 0. The molecule has 0 aliphatic heterocycles. The first kappa shape index (κ1) is 9.40. The Morgan fingerprint density at radius 3 is 2.79 bits per heavy atom. The Labute approximate surface area is 87.7 Å². The Hall–Kier alpha value is -1.16. The molecule has 0 spiro atoms. The molecule has 74 valence electrons. The second-order valence-corrected chi connectivity index (χ2v) is 4.29. The summed E-state index contributed by atoms with van der Waals surface area (Å²) in [6.07, 6.45) is 8.12. The van der Waals surface area contributed by atoms with Gasteiger partial charge in [0.2, 0.25) is 0 Å². The molecule has 2 heterocycles. The van der Waals surface area contributed by atoms with E-state index in [-0.39, 0.29) is 0 Å². The van der Waals surface area contributed by atoms with E-state index in [2.05, 4.69) is 34.2 Å². The quantitative estimate of drug-likeness (QED) is 0.716. The lowest BCUT2D eigenvalue weighted by Gasteiger charge is -2.00. The van der Waals surface area contributed by atoms with Crippen LogP contribution in [0.25, 0.3) is 0 Å². The number of nitrogens with zero attached hydrogens (tertiary/aromatic N) is 3. The molecule has 0 amide bonds. The molecule has 0 bridgehead atoms. The van der Waals surface area contributed by atoms with E-state index < -0.39 is 0 Å². The molecule has 0 aliphatic carbocycles. The van der Waals surface area contributed by atoms with Gasteiger partial charge in [0.15, 0.2) is 0 Å². The van der Waals surface area contributed by atoms with Gasteiger partial charge in [-0.25, -0.2) is 0 Å². The van der Waals surface area contributed by atoms with Crippen LogP contribution in [0, 0.1) is 0 Å². The highest BCUT2D eigenvalue weighted by Gasteiger charge is 1.96.